The number of aliphatic hydroxyl groups is 1. The number of allylic oxidation sites excluding steroid dienone is 2. The van der Waals surface area contributed by atoms with Gasteiger partial charge in [-0.15, -0.1) is 0 Å². The lowest BCUT2D eigenvalue weighted by Gasteiger charge is -2.31. The van der Waals surface area contributed by atoms with E-state index in [0.717, 1.165) is 5.82 Å². The number of ether oxygens (including phenoxy) is 1. The fraction of sp³-hybridized carbons (Fsp3) is 0.326. The first kappa shape index (κ1) is 34.6. The van der Waals surface area contributed by atoms with Gasteiger partial charge < -0.3 is 19.6 Å². The number of hydrogen-bond acceptors (Lipinski definition) is 5. The summed E-state index contributed by atoms with van der Waals surface area (Å²) in [6.07, 6.45) is 5.12. The van der Waals surface area contributed by atoms with E-state index in [1.807, 2.05) is 6.08 Å². The summed E-state index contributed by atoms with van der Waals surface area (Å²) in [7, 11) is 1.38. The number of aliphatic hydroxyl groups excluding tert-OH is 1. The van der Waals surface area contributed by atoms with Gasteiger partial charge in [0, 0.05) is 25.6 Å². The Morgan fingerprint density at radius 3 is 1.52 bits per heavy atom. The molecule has 2 atom stereocenters. The number of unbranched alkanes of at least 4 members (excludes halogenated alkanes) is 1. The lowest BCUT2D eigenvalue weighted by molar-refractivity contribution is -0.134. The summed E-state index contributed by atoms with van der Waals surface area (Å²) in [6.45, 7) is 14.4. The molecular formula is C43H50N2O3. The average molecular weight is 643 g/mol. The van der Waals surface area contributed by atoms with Crippen molar-refractivity contribution in [1.29, 1.82) is 0 Å². The normalized spacial score (nSPS) is 16.2. The van der Waals surface area contributed by atoms with Crippen LogP contribution in [0.3, 0.4) is 0 Å². The molecule has 5 rings (SSSR count). The molecule has 1 fully saturated rings. The molecule has 48 heavy (non-hydrogen) atoms. The first-order valence-corrected chi connectivity index (χ1v) is 17.0. The Labute approximate surface area is 287 Å². The second kappa shape index (κ2) is 15.4. The molecule has 0 radical (unpaired) electrons. The van der Waals surface area contributed by atoms with Crippen molar-refractivity contribution in [3.05, 3.63) is 164 Å². The van der Waals surface area contributed by atoms with Gasteiger partial charge in [0.25, 0.3) is 0 Å². The molecule has 1 N–H and O–H groups in total. The number of hydrogen-bond donors (Lipinski definition) is 1. The molecule has 1 aliphatic rings. The maximum absolute atomic E-state index is 12.3. The molecule has 5 heteroatoms. The molecule has 1 aliphatic heterocycles. The molecule has 0 bridgehead atoms. The molecule has 0 amide bonds. The molecule has 1 heterocycles. The Bertz CT molecular complexity index is 1630. The van der Waals surface area contributed by atoms with Crippen LogP contribution in [0.1, 0.15) is 87.0 Å². The summed E-state index contributed by atoms with van der Waals surface area (Å²) in [5.74, 6) is 0.869. The largest absolute Gasteiger partial charge is 0.509 e. The summed E-state index contributed by atoms with van der Waals surface area (Å²) in [6, 6.07) is 30.4. The van der Waals surface area contributed by atoms with Gasteiger partial charge in [0.1, 0.15) is 11.6 Å². The smallest absolute Gasteiger partial charge is 0.330 e. The van der Waals surface area contributed by atoms with Crippen molar-refractivity contribution in [3.63, 3.8) is 0 Å². The van der Waals surface area contributed by atoms with Gasteiger partial charge in [-0.1, -0.05) is 102 Å². The number of nitrogens with zero attached hydrogens (tertiary/aromatic N) is 2. The van der Waals surface area contributed by atoms with Crippen LogP contribution >= 0.6 is 0 Å². The molecule has 4 aromatic carbocycles. The predicted octanol–water partition coefficient (Wildman–Crippen LogP) is 9.96. The predicted molar refractivity (Wildman–Crippen MR) is 195 cm³/mol. The standard InChI is InChI=1S/C43H50N2O3/c1-29-23-31(3)37(32(4)24-29)27-44-41(35-17-11-8-12-18-35)42(36-19-13-9-14-20-36)45(28-38-33(5)25-30(2)26-34(38)6)43(44)39(46)21-15-10-16-22-40(47)48-7/h8-9,11-14,16-20,22-26,41-42,46H,10,15,21,27-28H2,1-7H3/b22-16+/t41-,42-/m0/s1. The lowest BCUT2D eigenvalue weighted by atomic mass is 9.91. The molecule has 4 aromatic rings. The molecule has 0 aromatic heterocycles. The van der Waals surface area contributed by atoms with Crippen molar-refractivity contribution in [2.75, 3.05) is 7.11 Å². The molecule has 0 unspecified atom stereocenters. The van der Waals surface area contributed by atoms with Crippen molar-refractivity contribution in [2.24, 2.45) is 0 Å². The lowest BCUT2D eigenvalue weighted by Crippen LogP contribution is -2.27. The Hall–Kier alpha value is -4.77. The maximum Gasteiger partial charge on any atom is 0.330 e. The van der Waals surface area contributed by atoms with Crippen LogP contribution in [-0.4, -0.2) is 28.0 Å². The van der Waals surface area contributed by atoms with Crippen LogP contribution in [0.2, 0.25) is 0 Å². The van der Waals surface area contributed by atoms with Gasteiger partial charge in [-0.05, 0) is 98.9 Å². The molecule has 0 aliphatic carbocycles. The zero-order valence-corrected chi connectivity index (χ0v) is 29.6. The Morgan fingerprint density at radius 2 is 1.12 bits per heavy atom. The first-order chi connectivity index (χ1) is 23.1. The average Bonchev–Trinajstić information content (AvgIpc) is 3.38. The van der Waals surface area contributed by atoms with Crippen LogP contribution in [0.4, 0.5) is 0 Å². The third-order valence-electron chi connectivity index (χ3n) is 9.63. The molecule has 0 spiro atoms. The van der Waals surface area contributed by atoms with E-state index < -0.39 is 0 Å². The molecular weight excluding hydrogens is 592 g/mol. The van der Waals surface area contributed by atoms with Crippen LogP contribution in [0.15, 0.2) is 109 Å². The van der Waals surface area contributed by atoms with Gasteiger partial charge >= 0.3 is 5.97 Å². The highest BCUT2D eigenvalue weighted by Gasteiger charge is 2.46. The van der Waals surface area contributed by atoms with Crippen molar-refractivity contribution in [1.82, 2.24) is 9.80 Å². The zero-order valence-electron chi connectivity index (χ0n) is 29.6. The number of rotatable bonds is 11. The van der Waals surface area contributed by atoms with E-state index in [1.54, 1.807) is 0 Å². The number of benzene rings is 4. The summed E-state index contributed by atoms with van der Waals surface area (Å²) in [5, 5.41) is 12.3. The van der Waals surface area contributed by atoms with Gasteiger partial charge in [-0.3, -0.25) is 0 Å². The number of carbonyl (C=O) groups is 1. The summed E-state index contributed by atoms with van der Waals surface area (Å²) in [5.41, 5.74) is 12.5. The Balaban J connectivity index is 1.72. The van der Waals surface area contributed by atoms with Crippen LogP contribution in [0, 0.1) is 41.5 Å². The van der Waals surface area contributed by atoms with E-state index in [0.29, 0.717) is 38.1 Å². The quantitative estimate of drug-likeness (QED) is 0.0764. The highest BCUT2D eigenvalue weighted by Crippen LogP contribution is 2.51. The summed E-state index contributed by atoms with van der Waals surface area (Å²) in [4.78, 5) is 16.6. The number of carbonyl (C=O) groups excluding carboxylic acids is 1. The first-order valence-electron chi connectivity index (χ1n) is 17.0. The minimum Gasteiger partial charge on any atom is -0.509 e. The van der Waals surface area contributed by atoms with E-state index in [2.05, 4.69) is 136 Å². The monoisotopic (exact) mass is 642 g/mol. The van der Waals surface area contributed by atoms with Crippen molar-refractivity contribution in [3.8, 4) is 0 Å². The van der Waals surface area contributed by atoms with Gasteiger partial charge in [0.15, 0.2) is 0 Å². The van der Waals surface area contributed by atoms with E-state index in [1.165, 1.54) is 68.8 Å². The molecule has 0 saturated carbocycles. The Morgan fingerprint density at radius 1 is 0.708 bits per heavy atom. The SMILES string of the molecule is COC(=O)/C=C/CCCC(O)=C1N(Cc2c(C)cc(C)cc2C)[C@@H](c2ccccc2)[C@H](c2ccccc2)N1Cc1c(C)cc(C)cc1C. The fourth-order valence-electron chi connectivity index (χ4n) is 7.48. The molecule has 250 valence electrons. The van der Waals surface area contributed by atoms with E-state index in [-0.39, 0.29) is 18.1 Å². The Kier molecular flexibility index (Phi) is 11.1. The van der Waals surface area contributed by atoms with Crippen LogP contribution in [0.25, 0.3) is 0 Å². The van der Waals surface area contributed by atoms with E-state index >= 15 is 0 Å². The van der Waals surface area contributed by atoms with E-state index in [4.69, 9.17) is 4.74 Å². The van der Waals surface area contributed by atoms with Gasteiger partial charge in [-0.25, -0.2) is 4.79 Å². The van der Waals surface area contributed by atoms with Gasteiger partial charge in [0.05, 0.1) is 19.2 Å². The topological polar surface area (TPSA) is 53.0 Å². The van der Waals surface area contributed by atoms with E-state index in [9.17, 15) is 9.90 Å². The minimum atomic E-state index is -0.366. The summed E-state index contributed by atoms with van der Waals surface area (Å²) < 4.78 is 4.76. The fourth-order valence-corrected chi connectivity index (χ4v) is 7.48. The van der Waals surface area contributed by atoms with Gasteiger partial charge in [0.2, 0.25) is 0 Å². The molecule has 1 saturated heterocycles. The second-order valence-electron chi connectivity index (χ2n) is 13.3. The van der Waals surface area contributed by atoms with Crippen molar-refractivity contribution < 1.29 is 14.6 Å². The summed E-state index contributed by atoms with van der Waals surface area (Å²) >= 11 is 0. The highest BCUT2D eigenvalue weighted by atomic mass is 16.5. The third-order valence-corrected chi connectivity index (χ3v) is 9.63. The third kappa shape index (κ3) is 7.68. The van der Waals surface area contributed by atoms with Gasteiger partial charge in [-0.2, -0.15) is 0 Å². The highest BCUT2D eigenvalue weighted by molar-refractivity contribution is 5.81. The van der Waals surface area contributed by atoms with Crippen molar-refractivity contribution in [2.45, 2.75) is 86.0 Å². The maximum atomic E-state index is 12.3. The number of aryl methyl sites for hydroxylation is 6. The second-order valence-corrected chi connectivity index (χ2v) is 13.3. The van der Waals surface area contributed by atoms with Crippen LogP contribution in [-0.2, 0) is 22.6 Å². The minimum absolute atomic E-state index is 0.0591. The van der Waals surface area contributed by atoms with Crippen LogP contribution in [0.5, 0.6) is 0 Å². The zero-order chi connectivity index (χ0) is 34.4. The van der Waals surface area contributed by atoms with Crippen molar-refractivity contribution >= 4 is 5.97 Å². The molecule has 5 nitrogen and oxygen atoms in total. The van der Waals surface area contributed by atoms with Crippen LogP contribution < -0.4 is 0 Å². The number of methoxy groups -OCH3 is 1. The number of esters is 1.